The Morgan fingerprint density at radius 2 is 1.81 bits per heavy atom. The lowest BCUT2D eigenvalue weighted by molar-refractivity contribution is -0.137. The summed E-state index contributed by atoms with van der Waals surface area (Å²) < 4.78 is 37.7. The number of benzene rings is 1. The Balaban J connectivity index is 2.50. The van der Waals surface area contributed by atoms with Gasteiger partial charge in [0.15, 0.2) is 0 Å². The zero-order valence-corrected chi connectivity index (χ0v) is 12.1. The quantitative estimate of drug-likeness (QED) is 0.792. The Hall–Kier alpha value is -1.50. The molecular weight excluding hydrogens is 328 g/mol. The summed E-state index contributed by atoms with van der Waals surface area (Å²) in [4.78, 5) is 3.75. The van der Waals surface area contributed by atoms with Gasteiger partial charge in [-0.3, -0.25) is 15.3 Å². The van der Waals surface area contributed by atoms with Crippen molar-refractivity contribution in [2.24, 2.45) is 0 Å². The van der Waals surface area contributed by atoms with Crippen molar-refractivity contribution in [3.8, 4) is 11.3 Å². The van der Waals surface area contributed by atoms with Crippen LogP contribution in [0.2, 0.25) is 10.0 Å². The monoisotopic (exact) mass is 336 g/mol. The number of alkyl halides is 3. The van der Waals surface area contributed by atoms with Crippen molar-refractivity contribution in [2.75, 3.05) is 12.1 Å². The number of hydrogen-bond donors (Lipinski definition) is 1. The van der Waals surface area contributed by atoms with Crippen LogP contribution >= 0.6 is 23.2 Å². The maximum absolute atomic E-state index is 12.6. The molecule has 0 fully saturated rings. The summed E-state index contributed by atoms with van der Waals surface area (Å²) in [6.45, 7) is 0. The normalized spacial score (nSPS) is 11.6. The summed E-state index contributed by atoms with van der Waals surface area (Å²) in [5.74, 6) is 0. The zero-order valence-electron chi connectivity index (χ0n) is 10.6. The van der Waals surface area contributed by atoms with Crippen molar-refractivity contribution >= 4 is 28.9 Å². The largest absolute Gasteiger partial charge is 0.417 e. The van der Waals surface area contributed by atoms with E-state index in [9.17, 15) is 18.4 Å². The molecule has 1 aromatic carbocycles. The first-order valence-electron chi connectivity index (χ1n) is 5.65. The van der Waals surface area contributed by atoms with Crippen LogP contribution in [0.1, 0.15) is 5.56 Å². The molecule has 0 amide bonds. The molecular formula is C13H9Cl2F3N2O. The van der Waals surface area contributed by atoms with Crippen LogP contribution in [0.25, 0.3) is 11.3 Å². The topological polar surface area (TPSA) is 36.4 Å². The molecule has 3 nitrogen and oxygen atoms in total. The molecule has 1 N–H and O–H groups in total. The highest BCUT2D eigenvalue weighted by molar-refractivity contribution is 6.34. The number of halogens is 5. The van der Waals surface area contributed by atoms with Crippen molar-refractivity contribution in [1.82, 2.24) is 4.98 Å². The summed E-state index contributed by atoms with van der Waals surface area (Å²) in [7, 11) is 1.37. The van der Waals surface area contributed by atoms with E-state index in [0.29, 0.717) is 11.8 Å². The zero-order chi connectivity index (χ0) is 15.8. The number of anilines is 1. The first-order valence-corrected chi connectivity index (χ1v) is 6.41. The van der Waals surface area contributed by atoms with Crippen LogP contribution in [0.3, 0.4) is 0 Å². The number of pyridine rings is 1. The maximum Gasteiger partial charge on any atom is 0.417 e. The second-order valence-electron chi connectivity index (χ2n) is 4.24. The van der Waals surface area contributed by atoms with Crippen molar-refractivity contribution < 1.29 is 18.4 Å². The van der Waals surface area contributed by atoms with Gasteiger partial charge < -0.3 is 0 Å². The molecule has 0 saturated heterocycles. The molecule has 2 aromatic rings. The van der Waals surface area contributed by atoms with Gasteiger partial charge in [-0.2, -0.15) is 13.2 Å². The van der Waals surface area contributed by atoms with E-state index in [0.717, 1.165) is 11.1 Å². The molecule has 0 radical (unpaired) electrons. The third kappa shape index (κ3) is 3.40. The minimum Gasteiger partial charge on any atom is -0.289 e. The van der Waals surface area contributed by atoms with Crippen molar-refractivity contribution in [1.29, 1.82) is 0 Å². The van der Waals surface area contributed by atoms with E-state index in [-0.39, 0.29) is 21.4 Å². The van der Waals surface area contributed by atoms with E-state index in [1.54, 1.807) is 6.07 Å². The van der Waals surface area contributed by atoms with Gasteiger partial charge >= 0.3 is 6.18 Å². The lowest BCUT2D eigenvalue weighted by atomic mass is 10.1. The molecule has 0 bridgehead atoms. The highest BCUT2D eigenvalue weighted by Gasteiger charge is 2.31. The Bertz CT molecular complexity index is 675. The second-order valence-corrected chi connectivity index (χ2v) is 5.06. The van der Waals surface area contributed by atoms with E-state index < -0.39 is 11.7 Å². The van der Waals surface area contributed by atoms with Gasteiger partial charge in [0.1, 0.15) is 0 Å². The minimum absolute atomic E-state index is 0.140. The Morgan fingerprint density at radius 3 is 2.33 bits per heavy atom. The Labute approximate surface area is 128 Å². The molecule has 0 spiro atoms. The van der Waals surface area contributed by atoms with Gasteiger partial charge in [0.25, 0.3) is 0 Å². The van der Waals surface area contributed by atoms with Crippen molar-refractivity contribution in [2.45, 2.75) is 6.18 Å². The molecule has 0 aliphatic rings. The van der Waals surface area contributed by atoms with Crippen LogP contribution < -0.4 is 5.06 Å². The smallest absolute Gasteiger partial charge is 0.289 e. The first-order chi connectivity index (χ1) is 9.70. The maximum atomic E-state index is 12.6. The third-order valence-corrected chi connectivity index (χ3v) is 3.34. The van der Waals surface area contributed by atoms with Gasteiger partial charge in [-0.1, -0.05) is 29.3 Å². The van der Waals surface area contributed by atoms with Crippen LogP contribution in [-0.4, -0.2) is 17.2 Å². The molecule has 0 saturated carbocycles. The summed E-state index contributed by atoms with van der Waals surface area (Å²) >= 11 is 11.8. The summed E-state index contributed by atoms with van der Waals surface area (Å²) in [5.41, 5.74) is -0.0323. The van der Waals surface area contributed by atoms with Crippen molar-refractivity contribution in [3.63, 3.8) is 0 Å². The predicted octanol–water partition coefficient (Wildman–Crippen LogP) is 4.90. The summed E-state index contributed by atoms with van der Waals surface area (Å²) in [5, 5.41) is 10.4. The molecule has 0 aliphatic heterocycles. The first kappa shape index (κ1) is 15.9. The van der Waals surface area contributed by atoms with E-state index in [1.165, 1.54) is 19.2 Å². The summed E-state index contributed by atoms with van der Waals surface area (Å²) in [6.07, 6.45) is -3.80. The molecule has 8 heteroatoms. The van der Waals surface area contributed by atoms with Gasteiger partial charge in [-0.15, -0.1) is 0 Å². The third-order valence-electron chi connectivity index (χ3n) is 2.74. The fourth-order valence-corrected chi connectivity index (χ4v) is 2.23. The average molecular weight is 337 g/mol. The van der Waals surface area contributed by atoms with Crippen LogP contribution in [0.15, 0.2) is 30.5 Å². The average Bonchev–Trinajstić information content (AvgIpc) is 2.38. The Morgan fingerprint density at radius 1 is 1.14 bits per heavy atom. The molecule has 1 aromatic heterocycles. The number of nitrogens with zero attached hydrogens (tertiary/aromatic N) is 2. The van der Waals surface area contributed by atoms with Gasteiger partial charge in [0.2, 0.25) is 0 Å². The number of hydrogen-bond acceptors (Lipinski definition) is 3. The fraction of sp³-hybridized carbons (Fsp3) is 0.154. The van der Waals surface area contributed by atoms with Crippen molar-refractivity contribution in [3.05, 3.63) is 46.1 Å². The highest BCUT2D eigenvalue weighted by Crippen LogP contribution is 2.36. The number of rotatable bonds is 2. The number of hydroxylamine groups is 1. The van der Waals surface area contributed by atoms with Gasteiger partial charge in [0.05, 0.1) is 27.0 Å². The molecule has 0 aliphatic carbocycles. The molecule has 112 valence electrons. The number of aromatic nitrogens is 1. The highest BCUT2D eigenvalue weighted by atomic mass is 35.5. The standard InChI is InChI=1S/C13H9Cl2F3N2O/c1-20(21)11-4-7(2-3-9(11)14)12-10(15)5-8(6-19-12)13(16,17)18/h2-6,21H,1H3. The fourth-order valence-electron chi connectivity index (χ4n) is 1.71. The lowest BCUT2D eigenvalue weighted by Crippen LogP contribution is -2.10. The van der Waals surface area contributed by atoms with Gasteiger partial charge in [0, 0.05) is 18.8 Å². The molecule has 1 heterocycles. The van der Waals surface area contributed by atoms with E-state index in [2.05, 4.69) is 4.98 Å². The lowest BCUT2D eigenvalue weighted by Gasteiger charge is -2.14. The molecule has 0 unspecified atom stereocenters. The van der Waals surface area contributed by atoms with E-state index in [1.807, 2.05) is 0 Å². The minimum atomic E-state index is -4.51. The van der Waals surface area contributed by atoms with Crippen LogP contribution in [0.5, 0.6) is 0 Å². The summed E-state index contributed by atoms with van der Waals surface area (Å²) in [6, 6.07) is 5.33. The van der Waals surface area contributed by atoms with Crippen LogP contribution in [0, 0.1) is 0 Å². The SMILES string of the molecule is CN(O)c1cc(-c2ncc(C(F)(F)F)cc2Cl)ccc1Cl. The van der Waals surface area contributed by atoms with Crippen LogP contribution in [0.4, 0.5) is 18.9 Å². The van der Waals surface area contributed by atoms with E-state index in [4.69, 9.17) is 23.2 Å². The molecule has 2 rings (SSSR count). The van der Waals surface area contributed by atoms with Crippen LogP contribution in [-0.2, 0) is 6.18 Å². The van der Waals surface area contributed by atoms with Gasteiger partial charge in [-0.25, -0.2) is 0 Å². The molecule has 0 atom stereocenters. The Kier molecular flexibility index (Phi) is 4.32. The van der Waals surface area contributed by atoms with Gasteiger partial charge in [-0.05, 0) is 18.2 Å². The van der Waals surface area contributed by atoms with E-state index >= 15 is 0 Å². The predicted molar refractivity (Wildman–Crippen MR) is 74.9 cm³/mol. The molecule has 21 heavy (non-hydrogen) atoms. The second kappa shape index (κ2) is 5.71.